The van der Waals surface area contributed by atoms with Gasteiger partial charge in [-0.2, -0.15) is 4.41 Å². The monoisotopic (exact) mass is 144 g/mol. The van der Waals surface area contributed by atoms with Crippen molar-refractivity contribution in [2.24, 2.45) is 0 Å². The molecule has 1 heterocycles. The number of hydrogen-bond donors (Lipinski definition) is 1. The Morgan fingerprint density at radius 2 is 2.78 bits per heavy atom. The maximum Gasteiger partial charge on any atom is 0.246 e. The van der Waals surface area contributed by atoms with Crippen LogP contribution in [0.5, 0.6) is 0 Å². The highest BCUT2D eigenvalue weighted by atomic mass is 32.2. The summed E-state index contributed by atoms with van der Waals surface area (Å²) in [6, 6.07) is 0. The van der Waals surface area contributed by atoms with Crippen LogP contribution >= 0.6 is 11.9 Å². The predicted octanol–water partition coefficient (Wildman–Crippen LogP) is 0.167. The summed E-state index contributed by atoms with van der Waals surface area (Å²) in [4.78, 5) is 10.5. The fourth-order valence-corrected chi connectivity index (χ4v) is 1.27. The summed E-state index contributed by atoms with van der Waals surface area (Å²) in [5, 5.41) is 0. The smallest absolute Gasteiger partial charge is 0.246 e. The van der Waals surface area contributed by atoms with E-state index in [4.69, 9.17) is 0 Å². The van der Waals surface area contributed by atoms with Crippen molar-refractivity contribution in [1.29, 1.82) is 0 Å². The van der Waals surface area contributed by atoms with Crippen molar-refractivity contribution in [2.45, 2.75) is 0 Å². The lowest BCUT2D eigenvalue weighted by molar-refractivity contribution is -0.120. The Kier molecular flexibility index (Phi) is 2.13. The van der Waals surface area contributed by atoms with Gasteiger partial charge >= 0.3 is 0 Å². The molecule has 3 nitrogen and oxygen atoms in total. The van der Waals surface area contributed by atoms with Gasteiger partial charge in [-0.05, 0) is 11.9 Å². The number of hydrogen-bond acceptors (Lipinski definition) is 3. The second kappa shape index (κ2) is 2.89. The molecule has 1 N–H and O–H groups in total. The lowest BCUT2D eigenvalue weighted by Crippen LogP contribution is -2.29. The van der Waals surface area contributed by atoms with Crippen molar-refractivity contribution in [2.75, 3.05) is 12.3 Å². The van der Waals surface area contributed by atoms with Gasteiger partial charge in [0.05, 0.1) is 5.75 Å². The Hall–Kier alpha value is -0.480. The molecule has 1 rings (SSSR count). The van der Waals surface area contributed by atoms with Crippen molar-refractivity contribution in [3.63, 3.8) is 0 Å². The molecule has 0 atom stereocenters. The minimum Gasteiger partial charge on any atom is -0.278 e. The van der Waals surface area contributed by atoms with Gasteiger partial charge < -0.3 is 0 Å². The van der Waals surface area contributed by atoms with Gasteiger partial charge in [-0.3, -0.25) is 10.2 Å². The summed E-state index contributed by atoms with van der Waals surface area (Å²) < 4.78 is 1.76. The molecule has 50 valence electrons. The summed E-state index contributed by atoms with van der Waals surface area (Å²) >= 11 is 1.48. The van der Waals surface area contributed by atoms with E-state index in [2.05, 4.69) is 12.0 Å². The summed E-state index contributed by atoms with van der Waals surface area (Å²) in [6.07, 6.45) is 1.75. The van der Waals surface area contributed by atoms with Crippen molar-refractivity contribution in [3.8, 4) is 0 Å². The van der Waals surface area contributed by atoms with Gasteiger partial charge in [-0.1, -0.05) is 6.08 Å². The first-order valence-electron chi connectivity index (χ1n) is 2.64. The topological polar surface area (TPSA) is 32.3 Å². The normalized spacial score (nSPS) is 19.8. The van der Waals surface area contributed by atoms with Gasteiger partial charge in [0, 0.05) is 6.54 Å². The number of carbonyl (C=O) groups is 1. The highest BCUT2D eigenvalue weighted by Gasteiger charge is 2.16. The van der Waals surface area contributed by atoms with Crippen LogP contribution in [0, 0.1) is 0 Å². The molecule has 4 heteroatoms. The third kappa shape index (κ3) is 1.73. The van der Waals surface area contributed by atoms with Crippen LogP contribution in [0.3, 0.4) is 0 Å². The van der Waals surface area contributed by atoms with Crippen molar-refractivity contribution < 1.29 is 4.79 Å². The van der Waals surface area contributed by atoms with E-state index >= 15 is 0 Å². The van der Waals surface area contributed by atoms with Crippen molar-refractivity contribution in [3.05, 3.63) is 12.7 Å². The summed E-state index contributed by atoms with van der Waals surface area (Å²) in [7, 11) is 0. The average Bonchev–Trinajstić information content (AvgIpc) is 2.17. The first-order valence-corrected chi connectivity index (χ1v) is 3.58. The zero-order chi connectivity index (χ0) is 6.69. The molecule has 0 spiro atoms. The number of carbonyl (C=O) groups excluding carboxylic acids is 1. The lowest BCUT2D eigenvalue weighted by atomic mass is 10.6. The second-order valence-corrected chi connectivity index (χ2v) is 2.65. The zero-order valence-electron chi connectivity index (χ0n) is 4.96. The molecule has 1 amide bonds. The molecule has 0 saturated carbocycles. The molecule has 0 radical (unpaired) electrons. The standard InChI is InChI=1S/C5H8N2OS/c1-2-3-7-6-5(8)4-9-7/h2H,1,3-4H2,(H,6,8). The van der Waals surface area contributed by atoms with E-state index in [1.54, 1.807) is 10.5 Å². The molecule has 1 saturated heterocycles. The molecule has 0 unspecified atom stereocenters. The maximum atomic E-state index is 10.5. The Morgan fingerprint density at radius 1 is 2.00 bits per heavy atom. The molecule has 0 aliphatic carbocycles. The van der Waals surface area contributed by atoms with Crippen LogP contribution in [0.1, 0.15) is 0 Å². The van der Waals surface area contributed by atoms with Crippen LogP contribution in [-0.4, -0.2) is 22.6 Å². The molecular weight excluding hydrogens is 136 g/mol. The minimum absolute atomic E-state index is 0.0712. The quantitative estimate of drug-likeness (QED) is 0.443. The molecule has 9 heavy (non-hydrogen) atoms. The fourth-order valence-electron chi connectivity index (χ4n) is 0.556. The SMILES string of the molecule is C=CCN1NC(=O)CS1. The van der Waals surface area contributed by atoms with Gasteiger partial charge in [-0.15, -0.1) is 6.58 Å². The van der Waals surface area contributed by atoms with Crippen molar-refractivity contribution in [1.82, 2.24) is 9.84 Å². The van der Waals surface area contributed by atoms with E-state index in [1.165, 1.54) is 11.9 Å². The average molecular weight is 144 g/mol. The van der Waals surface area contributed by atoms with E-state index in [1.807, 2.05) is 0 Å². The number of rotatable bonds is 2. The molecule has 0 aromatic carbocycles. The summed E-state index contributed by atoms with van der Waals surface area (Å²) in [5.41, 5.74) is 2.64. The minimum atomic E-state index is 0.0712. The van der Waals surface area contributed by atoms with Crippen LogP contribution < -0.4 is 5.43 Å². The van der Waals surface area contributed by atoms with Crippen LogP contribution in [-0.2, 0) is 4.79 Å². The van der Waals surface area contributed by atoms with E-state index < -0.39 is 0 Å². The van der Waals surface area contributed by atoms with Crippen LogP contribution in [0.25, 0.3) is 0 Å². The Balaban J connectivity index is 2.29. The molecular formula is C5H8N2OS. The van der Waals surface area contributed by atoms with Gasteiger partial charge in [0.1, 0.15) is 0 Å². The first-order chi connectivity index (χ1) is 4.33. The van der Waals surface area contributed by atoms with Gasteiger partial charge in [0.15, 0.2) is 0 Å². The van der Waals surface area contributed by atoms with E-state index in [9.17, 15) is 4.79 Å². The maximum absolute atomic E-state index is 10.5. The van der Waals surface area contributed by atoms with Gasteiger partial charge in [0.2, 0.25) is 5.91 Å². The summed E-state index contributed by atoms with van der Waals surface area (Å²) in [5.74, 6) is 0.607. The molecule has 0 bridgehead atoms. The number of nitrogens with zero attached hydrogens (tertiary/aromatic N) is 1. The Bertz CT molecular complexity index is 137. The van der Waals surface area contributed by atoms with Crippen LogP contribution in [0.2, 0.25) is 0 Å². The first kappa shape index (κ1) is 6.64. The molecule has 1 aliphatic heterocycles. The van der Waals surface area contributed by atoms with Gasteiger partial charge in [-0.25, -0.2) is 0 Å². The zero-order valence-corrected chi connectivity index (χ0v) is 5.78. The van der Waals surface area contributed by atoms with Gasteiger partial charge in [0.25, 0.3) is 0 Å². The molecule has 1 aliphatic rings. The van der Waals surface area contributed by atoms with E-state index in [0.29, 0.717) is 12.3 Å². The third-order valence-electron chi connectivity index (χ3n) is 0.896. The largest absolute Gasteiger partial charge is 0.278 e. The highest BCUT2D eigenvalue weighted by molar-refractivity contribution is 7.98. The fraction of sp³-hybridized carbons (Fsp3) is 0.400. The Morgan fingerprint density at radius 3 is 3.22 bits per heavy atom. The molecule has 0 aromatic heterocycles. The van der Waals surface area contributed by atoms with Crippen molar-refractivity contribution >= 4 is 17.9 Å². The second-order valence-electron chi connectivity index (χ2n) is 1.66. The molecule has 0 aromatic rings. The Labute approximate surface area is 58.2 Å². The van der Waals surface area contributed by atoms with E-state index in [0.717, 1.165) is 0 Å². The highest BCUT2D eigenvalue weighted by Crippen LogP contribution is 2.11. The third-order valence-corrected chi connectivity index (χ3v) is 1.84. The van der Waals surface area contributed by atoms with Crippen LogP contribution in [0.4, 0.5) is 0 Å². The molecule has 1 fully saturated rings. The number of nitrogens with one attached hydrogen (secondary N) is 1. The number of hydrazine groups is 1. The van der Waals surface area contributed by atoms with Crippen LogP contribution in [0.15, 0.2) is 12.7 Å². The predicted molar refractivity (Wildman–Crippen MR) is 37.5 cm³/mol. The van der Waals surface area contributed by atoms with E-state index in [-0.39, 0.29) is 5.91 Å². The number of amides is 1. The lowest BCUT2D eigenvalue weighted by Gasteiger charge is -2.07. The summed E-state index contributed by atoms with van der Waals surface area (Å²) in [6.45, 7) is 4.25.